The second-order valence-corrected chi connectivity index (χ2v) is 4.96. The molecule has 100 valence electrons. The predicted molar refractivity (Wildman–Crippen MR) is 85.8 cm³/mol. The van der Waals surface area contributed by atoms with Crippen LogP contribution >= 0.6 is 0 Å². The van der Waals surface area contributed by atoms with Crippen molar-refractivity contribution in [2.24, 2.45) is 0 Å². The topological polar surface area (TPSA) is 28.2 Å². The molecule has 0 unspecified atom stereocenters. The van der Waals surface area contributed by atoms with Crippen molar-refractivity contribution < 1.29 is 0 Å². The third-order valence-electron chi connectivity index (χ3n) is 3.23. The van der Waals surface area contributed by atoms with Crippen molar-refractivity contribution in [2.75, 3.05) is 24.3 Å². The lowest BCUT2D eigenvalue weighted by atomic mass is 10.1. The lowest BCUT2D eigenvalue weighted by Gasteiger charge is -2.15. The maximum Gasteiger partial charge on any atom is 0.135 e. The van der Waals surface area contributed by atoms with Gasteiger partial charge in [-0.3, -0.25) is 0 Å². The summed E-state index contributed by atoms with van der Waals surface area (Å²) in [4.78, 5) is 6.49. The number of nitrogens with zero attached hydrogens (tertiary/aromatic N) is 2. The summed E-state index contributed by atoms with van der Waals surface area (Å²) in [7, 11) is 4.03. The van der Waals surface area contributed by atoms with Crippen molar-refractivity contribution in [1.29, 1.82) is 0 Å². The Morgan fingerprint density at radius 3 is 2.45 bits per heavy atom. The minimum Gasteiger partial charge on any atom is -0.362 e. The summed E-state index contributed by atoms with van der Waals surface area (Å²) in [5, 5.41) is 5.76. The highest BCUT2D eigenvalue weighted by molar-refractivity contribution is 5.94. The van der Waals surface area contributed by atoms with Crippen molar-refractivity contribution in [2.45, 2.75) is 0 Å². The first-order chi connectivity index (χ1) is 9.74. The molecule has 0 radical (unpaired) electrons. The van der Waals surface area contributed by atoms with Gasteiger partial charge in [0.25, 0.3) is 0 Å². The Kier molecular flexibility index (Phi) is 3.25. The molecular weight excluding hydrogens is 246 g/mol. The molecule has 0 bridgehead atoms. The monoisotopic (exact) mass is 263 g/mol. The Morgan fingerprint density at radius 2 is 1.70 bits per heavy atom. The van der Waals surface area contributed by atoms with E-state index in [1.54, 1.807) is 0 Å². The first-order valence-corrected chi connectivity index (χ1v) is 6.62. The van der Waals surface area contributed by atoms with Crippen LogP contribution < -0.4 is 10.2 Å². The highest BCUT2D eigenvalue weighted by atomic mass is 15.1. The van der Waals surface area contributed by atoms with Crippen LogP contribution in [-0.2, 0) is 0 Å². The Balaban J connectivity index is 2.03. The molecule has 1 aromatic heterocycles. The van der Waals surface area contributed by atoms with Gasteiger partial charge in [0.15, 0.2) is 0 Å². The quantitative estimate of drug-likeness (QED) is 0.773. The predicted octanol–water partition coefficient (Wildman–Crippen LogP) is 4.04. The average Bonchev–Trinajstić information content (AvgIpc) is 2.47. The fourth-order valence-electron chi connectivity index (χ4n) is 2.28. The molecule has 0 saturated carbocycles. The van der Waals surface area contributed by atoms with Gasteiger partial charge in [0.2, 0.25) is 0 Å². The fraction of sp³-hybridized carbons (Fsp3) is 0.118. The maximum atomic E-state index is 4.45. The Morgan fingerprint density at radius 1 is 0.900 bits per heavy atom. The first-order valence-electron chi connectivity index (χ1n) is 6.62. The summed E-state index contributed by atoms with van der Waals surface area (Å²) < 4.78 is 0. The average molecular weight is 263 g/mol. The normalized spacial score (nSPS) is 10.5. The molecule has 0 atom stereocenters. The smallest absolute Gasteiger partial charge is 0.135 e. The van der Waals surface area contributed by atoms with Crippen LogP contribution in [0.1, 0.15) is 0 Å². The van der Waals surface area contributed by atoms with Crippen LogP contribution in [0.25, 0.3) is 10.8 Å². The van der Waals surface area contributed by atoms with E-state index in [1.165, 1.54) is 5.39 Å². The van der Waals surface area contributed by atoms with Gasteiger partial charge in [-0.25, -0.2) is 4.98 Å². The summed E-state index contributed by atoms with van der Waals surface area (Å²) in [5.74, 6) is 0.985. The molecule has 0 fully saturated rings. The van der Waals surface area contributed by atoms with E-state index in [0.29, 0.717) is 0 Å². The van der Waals surface area contributed by atoms with Gasteiger partial charge < -0.3 is 10.2 Å². The molecule has 0 aliphatic heterocycles. The molecule has 0 saturated heterocycles. The van der Waals surface area contributed by atoms with Crippen molar-refractivity contribution in [3.63, 3.8) is 0 Å². The summed E-state index contributed by atoms with van der Waals surface area (Å²) in [6.45, 7) is 0. The van der Waals surface area contributed by atoms with Crippen LogP contribution in [0.2, 0.25) is 0 Å². The SMILES string of the molecule is CN(C)c1nccc2ccc(Nc3ccccc3)cc12. The molecule has 2 aromatic carbocycles. The zero-order chi connectivity index (χ0) is 13.9. The summed E-state index contributed by atoms with van der Waals surface area (Å²) in [5.41, 5.74) is 2.15. The van der Waals surface area contributed by atoms with Crippen molar-refractivity contribution in [1.82, 2.24) is 4.98 Å². The zero-order valence-electron chi connectivity index (χ0n) is 11.7. The van der Waals surface area contributed by atoms with E-state index in [4.69, 9.17) is 0 Å². The van der Waals surface area contributed by atoms with E-state index in [1.807, 2.05) is 49.5 Å². The third kappa shape index (κ3) is 2.43. The van der Waals surface area contributed by atoms with Crippen LogP contribution in [0.5, 0.6) is 0 Å². The minimum atomic E-state index is 0.985. The van der Waals surface area contributed by atoms with Crippen LogP contribution in [0.4, 0.5) is 17.2 Å². The zero-order valence-corrected chi connectivity index (χ0v) is 11.7. The van der Waals surface area contributed by atoms with Crippen molar-refractivity contribution in [3.05, 3.63) is 60.8 Å². The number of benzene rings is 2. The molecule has 3 heteroatoms. The molecular formula is C17H17N3. The van der Waals surface area contributed by atoms with Gasteiger partial charge in [0.1, 0.15) is 5.82 Å². The van der Waals surface area contributed by atoms with Gasteiger partial charge in [0, 0.05) is 37.1 Å². The molecule has 3 nitrogen and oxygen atoms in total. The van der Waals surface area contributed by atoms with Gasteiger partial charge in [-0.15, -0.1) is 0 Å². The van der Waals surface area contributed by atoms with Crippen molar-refractivity contribution in [3.8, 4) is 0 Å². The molecule has 3 aromatic rings. The fourth-order valence-corrected chi connectivity index (χ4v) is 2.28. The number of rotatable bonds is 3. The van der Waals surface area contributed by atoms with E-state index in [0.717, 1.165) is 22.6 Å². The van der Waals surface area contributed by atoms with Gasteiger partial charge in [-0.05, 0) is 35.7 Å². The van der Waals surface area contributed by atoms with Gasteiger partial charge >= 0.3 is 0 Å². The molecule has 0 aliphatic rings. The Bertz CT molecular complexity index is 721. The van der Waals surface area contributed by atoms with Crippen LogP contribution in [0.15, 0.2) is 60.8 Å². The van der Waals surface area contributed by atoms with E-state index in [2.05, 4.69) is 40.6 Å². The number of anilines is 3. The molecule has 0 amide bonds. The summed E-state index contributed by atoms with van der Waals surface area (Å²) >= 11 is 0. The number of aromatic nitrogens is 1. The van der Waals surface area contributed by atoms with E-state index in [9.17, 15) is 0 Å². The minimum absolute atomic E-state index is 0.985. The van der Waals surface area contributed by atoms with Gasteiger partial charge in [-0.2, -0.15) is 0 Å². The molecule has 20 heavy (non-hydrogen) atoms. The number of hydrogen-bond acceptors (Lipinski definition) is 3. The summed E-state index contributed by atoms with van der Waals surface area (Å²) in [6, 6.07) is 18.6. The van der Waals surface area contributed by atoms with Crippen LogP contribution in [0, 0.1) is 0 Å². The third-order valence-corrected chi connectivity index (χ3v) is 3.23. The molecule has 0 spiro atoms. The molecule has 0 aliphatic carbocycles. The second kappa shape index (κ2) is 5.21. The number of pyridine rings is 1. The first kappa shape index (κ1) is 12.5. The number of para-hydroxylation sites is 1. The Hall–Kier alpha value is -2.55. The summed E-state index contributed by atoms with van der Waals surface area (Å²) in [6.07, 6.45) is 1.85. The molecule has 1 N–H and O–H groups in total. The number of nitrogens with one attached hydrogen (secondary N) is 1. The van der Waals surface area contributed by atoms with Crippen molar-refractivity contribution >= 4 is 28.0 Å². The highest BCUT2D eigenvalue weighted by Gasteiger charge is 2.05. The van der Waals surface area contributed by atoms with Crippen LogP contribution in [-0.4, -0.2) is 19.1 Å². The highest BCUT2D eigenvalue weighted by Crippen LogP contribution is 2.27. The maximum absolute atomic E-state index is 4.45. The van der Waals surface area contributed by atoms with E-state index in [-0.39, 0.29) is 0 Å². The molecule has 3 rings (SSSR count). The largest absolute Gasteiger partial charge is 0.362 e. The second-order valence-electron chi connectivity index (χ2n) is 4.96. The van der Waals surface area contributed by atoms with Crippen LogP contribution in [0.3, 0.4) is 0 Å². The Labute approximate surface area is 118 Å². The van der Waals surface area contributed by atoms with E-state index >= 15 is 0 Å². The van der Waals surface area contributed by atoms with E-state index < -0.39 is 0 Å². The lowest BCUT2D eigenvalue weighted by molar-refractivity contribution is 1.08. The molecule has 1 heterocycles. The number of hydrogen-bond donors (Lipinski definition) is 1. The van der Waals surface area contributed by atoms with Gasteiger partial charge in [0.05, 0.1) is 0 Å². The lowest BCUT2D eigenvalue weighted by Crippen LogP contribution is -2.10. The van der Waals surface area contributed by atoms with Gasteiger partial charge in [-0.1, -0.05) is 24.3 Å². The standard InChI is InChI=1S/C17H17N3/c1-20(2)17-16-12-15(9-8-13(16)10-11-18-17)19-14-6-4-3-5-7-14/h3-12,19H,1-2H3. The number of fused-ring (bicyclic) bond motifs is 1.